The van der Waals surface area contributed by atoms with Crippen LogP contribution in [0.15, 0.2) is 12.1 Å². The summed E-state index contributed by atoms with van der Waals surface area (Å²) in [6.07, 6.45) is 0. The summed E-state index contributed by atoms with van der Waals surface area (Å²) in [6, 6.07) is 4.85. The number of fused-ring (bicyclic) bond motifs is 1. The molecule has 1 heterocycles. The molecule has 1 aromatic rings. The minimum Gasteiger partial charge on any atom is -0.493 e. The second kappa shape index (κ2) is 4.58. The molecule has 0 saturated heterocycles. The molecule has 2 rings (SSSR count). The van der Waals surface area contributed by atoms with E-state index in [1.807, 2.05) is 7.05 Å². The summed E-state index contributed by atoms with van der Waals surface area (Å²) in [5.74, 6) is 1.62. The molecule has 1 aromatic carbocycles. The second-order valence-electron chi connectivity index (χ2n) is 6.48. The van der Waals surface area contributed by atoms with E-state index in [0.717, 1.165) is 12.4 Å². The van der Waals surface area contributed by atoms with Crippen molar-refractivity contribution in [3.8, 4) is 5.75 Å². The lowest BCUT2D eigenvalue weighted by Gasteiger charge is -2.36. The van der Waals surface area contributed by atoms with Crippen LogP contribution >= 0.6 is 0 Å². The first-order chi connectivity index (χ1) is 8.36. The maximum absolute atomic E-state index is 6.07. The molecule has 18 heavy (non-hydrogen) atoms. The summed E-state index contributed by atoms with van der Waals surface area (Å²) in [6.45, 7) is 11.9. The summed E-state index contributed by atoms with van der Waals surface area (Å²) in [5, 5.41) is 3.45. The highest BCUT2D eigenvalue weighted by Gasteiger charge is 2.32. The van der Waals surface area contributed by atoms with Crippen LogP contribution in [0.5, 0.6) is 5.75 Å². The lowest BCUT2D eigenvalue weighted by atomic mass is 9.80. The molecule has 2 unspecified atom stereocenters. The van der Waals surface area contributed by atoms with Crippen LogP contribution in [-0.4, -0.2) is 13.7 Å². The van der Waals surface area contributed by atoms with Crippen LogP contribution in [0.3, 0.4) is 0 Å². The molecular formula is C16H25NO. The van der Waals surface area contributed by atoms with E-state index in [2.05, 4.69) is 52.1 Å². The van der Waals surface area contributed by atoms with Gasteiger partial charge >= 0.3 is 0 Å². The van der Waals surface area contributed by atoms with Gasteiger partial charge in [-0.3, -0.25) is 0 Å². The van der Waals surface area contributed by atoms with Gasteiger partial charge in [0.1, 0.15) is 5.75 Å². The molecule has 0 spiro atoms. The third-order valence-electron chi connectivity index (χ3n) is 3.90. The van der Waals surface area contributed by atoms with E-state index in [1.165, 1.54) is 16.7 Å². The van der Waals surface area contributed by atoms with Crippen LogP contribution in [0.4, 0.5) is 0 Å². The van der Waals surface area contributed by atoms with Crippen LogP contribution in [-0.2, 0) is 5.41 Å². The zero-order chi connectivity index (χ0) is 13.5. The van der Waals surface area contributed by atoms with Crippen molar-refractivity contribution in [2.45, 2.75) is 46.1 Å². The lowest BCUT2D eigenvalue weighted by molar-refractivity contribution is 0.188. The van der Waals surface area contributed by atoms with Crippen LogP contribution in [0.25, 0.3) is 0 Å². The molecule has 0 bridgehead atoms. The third-order valence-corrected chi connectivity index (χ3v) is 3.90. The highest BCUT2D eigenvalue weighted by atomic mass is 16.5. The average Bonchev–Trinajstić information content (AvgIpc) is 2.28. The zero-order valence-electron chi connectivity index (χ0n) is 12.4. The fourth-order valence-electron chi connectivity index (χ4n) is 2.85. The van der Waals surface area contributed by atoms with Crippen LogP contribution in [0.2, 0.25) is 0 Å². The van der Waals surface area contributed by atoms with Crippen molar-refractivity contribution in [3.63, 3.8) is 0 Å². The Morgan fingerprint density at radius 2 is 1.94 bits per heavy atom. The Kier molecular flexibility index (Phi) is 3.41. The molecule has 0 fully saturated rings. The highest BCUT2D eigenvalue weighted by Crippen LogP contribution is 2.43. The van der Waals surface area contributed by atoms with Gasteiger partial charge in [-0.15, -0.1) is 0 Å². The predicted molar refractivity (Wildman–Crippen MR) is 76.3 cm³/mol. The Balaban J connectivity index is 2.62. The summed E-state index contributed by atoms with van der Waals surface area (Å²) in [7, 11) is 2.04. The van der Waals surface area contributed by atoms with Gasteiger partial charge < -0.3 is 10.1 Å². The van der Waals surface area contributed by atoms with Gasteiger partial charge in [0.05, 0.1) is 6.61 Å². The quantitative estimate of drug-likeness (QED) is 0.819. The zero-order valence-corrected chi connectivity index (χ0v) is 12.4. The monoisotopic (exact) mass is 247 g/mol. The van der Waals surface area contributed by atoms with Gasteiger partial charge in [0, 0.05) is 17.5 Å². The Bertz CT molecular complexity index is 445. The molecule has 0 aromatic heterocycles. The second-order valence-corrected chi connectivity index (χ2v) is 6.48. The molecule has 1 aliphatic heterocycles. The molecule has 1 aliphatic rings. The van der Waals surface area contributed by atoms with E-state index in [4.69, 9.17) is 4.74 Å². The molecule has 100 valence electrons. The molecule has 0 radical (unpaired) electrons. The molecule has 0 amide bonds. The number of benzene rings is 1. The van der Waals surface area contributed by atoms with Gasteiger partial charge in [0.25, 0.3) is 0 Å². The highest BCUT2D eigenvalue weighted by molar-refractivity contribution is 5.51. The fraction of sp³-hybridized carbons (Fsp3) is 0.625. The van der Waals surface area contributed by atoms with E-state index in [-0.39, 0.29) is 5.41 Å². The van der Waals surface area contributed by atoms with E-state index < -0.39 is 0 Å². The summed E-state index contributed by atoms with van der Waals surface area (Å²) in [4.78, 5) is 0. The summed E-state index contributed by atoms with van der Waals surface area (Å²) in [5.41, 5.74) is 4.11. The number of hydrogen-bond donors (Lipinski definition) is 1. The first kappa shape index (κ1) is 13.4. The van der Waals surface area contributed by atoms with Crippen molar-refractivity contribution >= 4 is 0 Å². The molecular weight excluding hydrogens is 222 g/mol. The largest absolute Gasteiger partial charge is 0.493 e. The molecule has 2 atom stereocenters. The van der Waals surface area contributed by atoms with Gasteiger partial charge in [0.2, 0.25) is 0 Å². The van der Waals surface area contributed by atoms with Crippen molar-refractivity contribution in [3.05, 3.63) is 28.8 Å². The number of aryl methyl sites for hydroxylation is 1. The normalized spacial score (nSPS) is 23.4. The SMILES string of the molecule is CNC1c2c(C)ccc(C(C)(C)C)c2OCC1C. The Labute approximate surface area is 111 Å². The van der Waals surface area contributed by atoms with Crippen LogP contribution in [0, 0.1) is 12.8 Å². The standard InChI is InChI=1S/C16H25NO/c1-10-7-8-12(16(3,4)5)15-13(10)14(17-6)11(2)9-18-15/h7-8,11,14,17H,9H2,1-6H3. The number of nitrogens with one attached hydrogen (secondary N) is 1. The molecule has 1 N–H and O–H groups in total. The van der Waals surface area contributed by atoms with Crippen molar-refractivity contribution in [1.82, 2.24) is 5.32 Å². The van der Waals surface area contributed by atoms with Crippen molar-refractivity contribution in [1.29, 1.82) is 0 Å². The lowest BCUT2D eigenvalue weighted by Crippen LogP contribution is -2.33. The first-order valence-electron chi connectivity index (χ1n) is 6.80. The van der Waals surface area contributed by atoms with E-state index in [1.54, 1.807) is 0 Å². The smallest absolute Gasteiger partial charge is 0.128 e. The van der Waals surface area contributed by atoms with E-state index >= 15 is 0 Å². The van der Waals surface area contributed by atoms with Gasteiger partial charge in [-0.2, -0.15) is 0 Å². The topological polar surface area (TPSA) is 21.3 Å². The predicted octanol–water partition coefficient (Wildman–Crippen LogP) is 3.58. The van der Waals surface area contributed by atoms with Gasteiger partial charge in [-0.1, -0.05) is 39.8 Å². The Morgan fingerprint density at radius 3 is 2.50 bits per heavy atom. The fourth-order valence-corrected chi connectivity index (χ4v) is 2.85. The summed E-state index contributed by atoms with van der Waals surface area (Å²) < 4.78 is 6.07. The Morgan fingerprint density at radius 1 is 1.28 bits per heavy atom. The Hall–Kier alpha value is -1.02. The van der Waals surface area contributed by atoms with Crippen LogP contribution < -0.4 is 10.1 Å². The maximum Gasteiger partial charge on any atom is 0.128 e. The van der Waals surface area contributed by atoms with Gasteiger partial charge in [-0.25, -0.2) is 0 Å². The first-order valence-corrected chi connectivity index (χ1v) is 6.80. The molecule has 2 nitrogen and oxygen atoms in total. The number of rotatable bonds is 1. The minimum atomic E-state index is 0.122. The summed E-state index contributed by atoms with van der Waals surface area (Å²) >= 11 is 0. The maximum atomic E-state index is 6.07. The molecule has 0 aliphatic carbocycles. The molecule has 2 heteroatoms. The van der Waals surface area contributed by atoms with Crippen LogP contribution in [0.1, 0.15) is 50.4 Å². The van der Waals surface area contributed by atoms with Gasteiger partial charge in [-0.05, 0) is 30.5 Å². The number of ether oxygens (including phenoxy) is 1. The van der Waals surface area contributed by atoms with Crippen molar-refractivity contribution in [2.24, 2.45) is 5.92 Å². The third kappa shape index (κ3) is 2.14. The molecule has 0 saturated carbocycles. The van der Waals surface area contributed by atoms with E-state index in [0.29, 0.717) is 12.0 Å². The minimum absolute atomic E-state index is 0.122. The van der Waals surface area contributed by atoms with Crippen molar-refractivity contribution < 1.29 is 4.74 Å². The average molecular weight is 247 g/mol. The van der Waals surface area contributed by atoms with Crippen molar-refractivity contribution in [2.75, 3.05) is 13.7 Å². The van der Waals surface area contributed by atoms with Gasteiger partial charge in [0.15, 0.2) is 0 Å². The van der Waals surface area contributed by atoms with E-state index in [9.17, 15) is 0 Å². The number of hydrogen-bond acceptors (Lipinski definition) is 2.